The van der Waals surface area contributed by atoms with E-state index in [1.165, 1.54) is 24.4 Å². The summed E-state index contributed by atoms with van der Waals surface area (Å²) in [5.74, 6) is 2.83. The van der Waals surface area contributed by atoms with Crippen molar-refractivity contribution in [2.75, 3.05) is 18.0 Å². The van der Waals surface area contributed by atoms with Gasteiger partial charge in [0.2, 0.25) is 15.1 Å². The molecule has 4 rings (SSSR count). The summed E-state index contributed by atoms with van der Waals surface area (Å²) in [4.78, 5) is 12.8. The van der Waals surface area contributed by atoms with E-state index < -0.39 is 16.3 Å². The summed E-state index contributed by atoms with van der Waals surface area (Å²) >= 11 is 1.22. The number of aryl methyl sites for hydroxylation is 1. The van der Waals surface area contributed by atoms with E-state index in [0.717, 1.165) is 5.56 Å². The third-order valence-corrected chi connectivity index (χ3v) is 7.20. The summed E-state index contributed by atoms with van der Waals surface area (Å²) in [6.45, 7) is 2.44. The molecule has 0 radical (unpaired) electrons. The average Bonchev–Trinajstić information content (AvgIpc) is 3.40. The van der Waals surface area contributed by atoms with Crippen molar-refractivity contribution in [3.8, 4) is 12.3 Å². The predicted octanol–water partition coefficient (Wildman–Crippen LogP) is 2.36. The lowest BCUT2D eigenvalue weighted by Crippen LogP contribution is -2.26. The van der Waals surface area contributed by atoms with Crippen molar-refractivity contribution in [2.24, 2.45) is 0 Å². The number of rotatable bonds is 9. The van der Waals surface area contributed by atoms with Crippen LogP contribution >= 0.6 is 11.8 Å². The fraction of sp³-hybridized carbons (Fsp3) is 0.286. The Morgan fingerprint density at radius 2 is 2.15 bits per heavy atom. The van der Waals surface area contributed by atoms with Gasteiger partial charge in [-0.25, -0.2) is 28.1 Å². The van der Waals surface area contributed by atoms with E-state index in [0.29, 0.717) is 46.5 Å². The lowest BCUT2D eigenvalue weighted by Gasteiger charge is -2.13. The molecular weight excluding hydrogens is 464 g/mol. The van der Waals surface area contributed by atoms with Gasteiger partial charge in [-0.1, -0.05) is 31.0 Å². The summed E-state index contributed by atoms with van der Waals surface area (Å²) in [5, 5.41) is 0.994. The van der Waals surface area contributed by atoms with Gasteiger partial charge >= 0.3 is 0 Å². The molecule has 0 fully saturated rings. The quantitative estimate of drug-likeness (QED) is 0.437. The number of hydrogen-bond acceptors (Lipinski definition) is 9. The second-order valence-corrected chi connectivity index (χ2v) is 9.90. The fourth-order valence-corrected chi connectivity index (χ4v) is 5.24. The van der Waals surface area contributed by atoms with Gasteiger partial charge in [0, 0.05) is 24.2 Å². The van der Waals surface area contributed by atoms with Crippen LogP contribution in [0.4, 0.5) is 5.82 Å². The van der Waals surface area contributed by atoms with Crippen LogP contribution in [0.15, 0.2) is 47.1 Å². The van der Waals surface area contributed by atoms with E-state index in [1.54, 1.807) is 11.5 Å². The molecule has 172 valence electrons. The molecule has 1 atom stereocenters. The molecule has 0 bridgehead atoms. The molecule has 0 saturated carbocycles. The molecule has 3 aromatic rings. The highest BCUT2D eigenvalue weighted by Crippen LogP contribution is 2.39. The molecule has 3 N–H and O–H groups in total. The van der Waals surface area contributed by atoms with Gasteiger partial charge in [-0.3, -0.25) is 0 Å². The van der Waals surface area contributed by atoms with Gasteiger partial charge < -0.3 is 19.8 Å². The normalized spacial score (nSPS) is 15.6. The van der Waals surface area contributed by atoms with Crippen LogP contribution in [0.25, 0.3) is 11.2 Å². The lowest BCUT2D eigenvalue weighted by molar-refractivity contribution is -0.0275. The smallest absolute Gasteiger partial charge is 0.269 e. The summed E-state index contributed by atoms with van der Waals surface area (Å²) in [7, 11) is -3.35. The van der Waals surface area contributed by atoms with Crippen molar-refractivity contribution in [3.63, 3.8) is 0 Å². The molecule has 1 aromatic carbocycles. The number of sulfonamides is 1. The van der Waals surface area contributed by atoms with Gasteiger partial charge in [0.1, 0.15) is 12.6 Å². The number of nitrogen functional groups attached to an aromatic ring is 1. The maximum atomic E-state index is 12.0. The summed E-state index contributed by atoms with van der Waals surface area (Å²) in [5.41, 5.74) is 8.35. The van der Waals surface area contributed by atoms with E-state index in [1.807, 2.05) is 24.3 Å². The van der Waals surface area contributed by atoms with Crippen molar-refractivity contribution in [1.29, 1.82) is 0 Å². The Kier molecular flexibility index (Phi) is 6.73. The van der Waals surface area contributed by atoms with E-state index >= 15 is 0 Å². The van der Waals surface area contributed by atoms with Crippen LogP contribution in [0.3, 0.4) is 0 Å². The van der Waals surface area contributed by atoms with E-state index in [-0.39, 0.29) is 11.6 Å². The van der Waals surface area contributed by atoms with Gasteiger partial charge in [-0.2, -0.15) is 0 Å². The number of terminal acetylenes is 1. The van der Waals surface area contributed by atoms with E-state index in [9.17, 15) is 8.42 Å². The zero-order valence-corrected chi connectivity index (χ0v) is 19.4. The van der Waals surface area contributed by atoms with Crippen molar-refractivity contribution in [3.05, 3.63) is 53.1 Å². The minimum atomic E-state index is -3.35. The number of ether oxygens (including phenoxy) is 2. The number of thioether (sulfide) groups is 1. The summed E-state index contributed by atoms with van der Waals surface area (Å²) in [6, 6.07) is 7.37. The Labute approximate surface area is 195 Å². The minimum Gasteiger partial charge on any atom is -0.454 e. The van der Waals surface area contributed by atoms with E-state index in [2.05, 4.69) is 25.6 Å². The molecule has 0 amide bonds. The van der Waals surface area contributed by atoms with Crippen LogP contribution in [0.2, 0.25) is 0 Å². The van der Waals surface area contributed by atoms with Crippen LogP contribution in [0.5, 0.6) is 0 Å². The van der Waals surface area contributed by atoms with E-state index in [4.69, 9.17) is 21.6 Å². The molecule has 2 aromatic heterocycles. The highest BCUT2D eigenvalue weighted by Gasteiger charge is 2.26. The number of hydrogen-bond donors (Lipinski definition) is 2. The third-order valence-electron chi connectivity index (χ3n) is 4.76. The third kappa shape index (κ3) is 5.05. The number of nitrogens with zero attached hydrogens (tertiary/aromatic N) is 4. The molecular formula is C21H22N6O4S2. The highest BCUT2D eigenvalue weighted by atomic mass is 32.2. The van der Waals surface area contributed by atoms with Crippen LogP contribution in [-0.2, 0) is 26.0 Å². The second-order valence-electron chi connectivity index (χ2n) is 7.00. The van der Waals surface area contributed by atoms with Gasteiger partial charge in [-0.15, -0.1) is 6.42 Å². The van der Waals surface area contributed by atoms with Crippen molar-refractivity contribution in [2.45, 2.75) is 31.3 Å². The van der Waals surface area contributed by atoms with Crippen LogP contribution < -0.4 is 10.5 Å². The molecule has 0 aliphatic carbocycles. The van der Waals surface area contributed by atoms with Gasteiger partial charge in [-0.05, 0) is 24.2 Å². The van der Waals surface area contributed by atoms with Gasteiger partial charge in [0.05, 0.1) is 5.75 Å². The first kappa shape index (κ1) is 22.9. The maximum absolute atomic E-state index is 12.0. The Morgan fingerprint density at radius 1 is 1.33 bits per heavy atom. The van der Waals surface area contributed by atoms with Gasteiger partial charge in [0.25, 0.3) is 6.29 Å². The number of anilines is 1. The maximum Gasteiger partial charge on any atom is 0.269 e. The second kappa shape index (κ2) is 9.70. The first-order valence-corrected chi connectivity index (χ1v) is 12.6. The van der Waals surface area contributed by atoms with Crippen molar-refractivity contribution in [1.82, 2.24) is 24.2 Å². The fourth-order valence-electron chi connectivity index (χ4n) is 3.31. The molecule has 0 saturated heterocycles. The average molecular weight is 487 g/mol. The summed E-state index contributed by atoms with van der Waals surface area (Å²) in [6.07, 6.45) is 8.11. The van der Waals surface area contributed by atoms with Crippen molar-refractivity contribution < 1.29 is 17.9 Å². The number of imidazole rings is 1. The number of fused-ring (bicyclic) bond motifs is 1. The molecule has 1 unspecified atom stereocenters. The van der Waals surface area contributed by atoms with Crippen LogP contribution in [0, 0.1) is 12.3 Å². The number of nitrogens with one attached hydrogen (secondary N) is 1. The van der Waals surface area contributed by atoms with Gasteiger partial charge in [0.15, 0.2) is 22.1 Å². The minimum absolute atomic E-state index is 0.0293. The van der Waals surface area contributed by atoms with Crippen LogP contribution in [0.1, 0.15) is 30.8 Å². The zero-order chi connectivity index (χ0) is 23.4. The molecule has 12 heteroatoms. The Hall–Kier alpha value is -3.27. The zero-order valence-electron chi connectivity index (χ0n) is 17.8. The molecule has 3 heterocycles. The molecule has 33 heavy (non-hydrogen) atoms. The molecule has 0 spiro atoms. The topological polar surface area (TPSA) is 134 Å². The lowest BCUT2D eigenvalue weighted by atomic mass is 10.1. The number of benzene rings is 1. The van der Waals surface area contributed by atoms with Crippen molar-refractivity contribution >= 4 is 38.8 Å². The Bertz CT molecular complexity index is 1350. The Morgan fingerprint density at radius 3 is 2.94 bits per heavy atom. The SMILES string of the molecule is C#Cc1ccccc1C1OC=C(Sc2nc3c(N)ncnc3n2CCCS(=O)(=O)NCC)O1. The highest BCUT2D eigenvalue weighted by molar-refractivity contribution is 8.02. The monoisotopic (exact) mass is 486 g/mol. The standard InChI is InChI=1S/C21H22N6O4S2/c1-3-14-8-5-6-9-15(14)20-30-12-16(31-20)32-21-26-17-18(22)23-13-24-19(17)27(21)10-7-11-33(28,29)25-4-2/h1,5-6,8-9,12-13,20,25H,4,7,10-11H2,2H3,(H2,22,23,24). The molecule has 1 aliphatic heterocycles. The first-order valence-electron chi connectivity index (χ1n) is 10.1. The largest absolute Gasteiger partial charge is 0.454 e. The number of aromatic nitrogens is 4. The first-order chi connectivity index (χ1) is 15.9. The molecule has 10 nitrogen and oxygen atoms in total. The number of nitrogens with two attached hydrogens (primary N) is 1. The Balaban J connectivity index is 1.54. The van der Waals surface area contributed by atoms with Crippen LogP contribution in [-0.4, -0.2) is 40.2 Å². The predicted molar refractivity (Wildman–Crippen MR) is 125 cm³/mol. The summed E-state index contributed by atoms with van der Waals surface area (Å²) < 4.78 is 39.9. The molecule has 1 aliphatic rings.